The van der Waals surface area contributed by atoms with Gasteiger partial charge in [0.1, 0.15) is 0 Å². The third-order valence-corrected chi connectivity index (χ3v) is 4.69. The van der Waals surface area contributed by atoms with Crippen LogP contribution in [0.3, 0.4) is 0 Å². The van der Waals surface area contributed by atoms with Gasteiger partial charge in [-0.15, -0.1) is 0 Å². The van der Waals surface area contributed by atoms with E-state index in [1.165, 1.54) is 37.8 Å². The average Bonchev–Trinajstić information content (AvgIpc) is 2.41. The minimum absolute atomic E-state index is 0.748. The van der Waals surface area contributed by atoms with E-state index in [-0.39, 0.29) is 0 Å². The molecule has 100 valence electrons. The molecule has 0 bridgehead atoms. The molecule has 0 saturated heterocycles. The van der Waals surface area contributed by atoms with Crippen LogP contribution in [-0.4, -0.2) is 23.0 Å². The first-order valence-corrected chi connectivity index (χ1v) is 7.79. The molecule has 1 aromatic rings. The molecule has 2 nitrogen and oxygen atoms in total. The van der Waals surface area contributed by atoms with Gasteiger partial charge in [0.2, 0.25) is 0 Å². The topological polar surface area (TPSA) is 16.1 Å². The predicted octanol–water partition coefficient (Wildman–Crippen LogP) is 4.24. The molecule has 18 heavy (non-hydrogen) atoms. The van der Waals surface area contributed by atoms with Gasteiger partial charge in [-0.3, -0.25) is 9.88 Å². The normalized spacial score (nSPS) is 24.4. The molecular formula is C15H23BrN2. The van der Waals surface area contributed by atoms with Gasteiger partial charge in [0.15, 0.2) is 0 Å². The molecule has 2 rings (SSSR count). The van der Waals surface area contributed by atoms with Crippen LogP contribution in [0.5, 0.6) is 0 Å². The molecule has 0 spiro atoms. The molecule has 0 aliphatic heterocycles. The van der Waals surface area contributed by atoms with Crippen molar-refractivity contribution in [2.45, 2.75) is 51.6 Å². The fraction of sp³-hybridized carbons (Fsp3) is 0.667. The van der Waals surface area contributed by atoms with Gasteiger partial charge in [0, 0.05) is 23.3 Å². The molecule has 1 aliphatic carbocycles. The standard InChI is InChI=1S/C15H23BrN2/c1-3-12-4-8-15(9-5-12)18(2)11-14-7-6-13(16)10-17-14/h6-7,10,12,15H,3-5,8-9,11H2,1-2H3. The first-order valence-electron chi connectivity index (χ1n) is 6.99. The second-order valence-corrected chi connectivity index (χ2v) is 6.38. The van der Waals surface area contributed by atoms with Crippen LogP contribution in [0.4, 0.5) is 0 Å². The van der Waals surface area contributed by atoms with E-state index in [9.17, 15) is 0 Å². The molecule has 1 saturated carbocycles. The van der Waals surface area contributed by atoms with Crippen LogP contribution in [-0.2, 0) is 6.54 Å². The predicted molar refractivity (Wildman–Crippen MR) is 79.4 cm³/mol. The third-order valence-electron chi connectivity index (χ3n) is 4.22. The van der Waals surface area contributed by atoms with E-state index in [0.29, 0.717) is 0 Å². The number of pyridine rings is 1. The Kier molecular flexibility index (Phi) is 5.19. The van der Waals surface area contributed by atoms with Gasteiger partial charge in [-0.05, 0) is 66.7 Å². The summed E-state index contributed by atoms with van der Waals surface area (Å²) >= 11 is 3.43. The van der Waals surface area contributed by atoms with E-state index < -0.39 is 0 Å². The molecule has 3 heteroatoms. The highest BCUT2D eigenvalue weighted by molar-refractivity contribution is 9.10. The lowest BCUT2D eigenvalue weighted by Crippen LogP contribution is -2.34. The van der Waals surface area contributed by atoms with E-state index in [0.717, 1.165) is 23.0 Å². The van der Waals surface area contributed by atoms with E-state index in [2.05, 4.69) is 51.9 Å². The van der Waals surface area contributed by atoms with Gasteiger partial charge in [-0.1, -0.05) is 13.3 Å². The molecule has 0 atom stereocenters. The molecule has 0 N–H and O–H groups in total. The fourth-order valence-corrected chi connectivity index (χ4v) is 3.11. The minimum Gasteiger partial charge on any atom is -0.298 e. The van der Waals surface area contributed by atoms with Crippen LogP contribution in [0.25, 0.3) is 0 Å². The second-order valence-electron chi connectivity index (χ2n) is 5.47. The Morgan fingerprint density at radius 3 is 2.56 bits per heavy atom. The van der Waals surface area contributed by atoms with Gasteiger partial charge in [-0.25, -0.2) is 0 Å². The number of halogens is 1. The molecule has 1 heterocycles. The van der Waals surface area contributed by atoms with Gasteiger partial charge >= 0.3 is 0 Å². The van der Waals surface area contributed by atoms with E-state index >= 15 is 0 Å². The summed E-state index contributed by atoms with van der Waals surface area (Å²) in [6, 6.07) is 4.93. The summed E-state index contributed by atoms with van der Waals surface area (Å²) in [5.41, 5.74) is 1.17. The monoisotopic (exact) mass is 310 g/mol. The van der Waals surface area contributed by atoms with Crippen LogP contribution < -0.4 is 0 Å². The Bertz CT molecular complexity index is 355. The zero-order valence-corrected chi connectivity index (χ0v) is 13.0. The first-order chi connectivity index (χ1) is 8.69. The highest BCUT2D eigenvalue weighted by Gasteiger charge is 2.23. The number of hydrogen-bond donors (Lipinski definition) is 0. The van der Waals surface area contributed by atoms with E-state index in [4.69, 9.17) is 0 Å². The van der Waals surface area contributed by atoms with Crippen LogP contribution in [0.15, 0.2) is 22.8 Å². The van der Waals surface area contributed by atoms with Crippen LogP contribution in [0.1, 0.15) is 44.7 Å². The summed E-state index contributed by atoms with van der Waals surface area (Å²) in [7, 11) is 2.24. The molecular weight excluding hydrogens is 288 g/mol. The lowest BCUT2D eigenvalue weighted by molar-refractivity contribution is 0.156. The molecule has 0 radical (unpaired) electrons. The Balaban J connectivity index is 1.85. The van der Waals surface area contributed by atoms with Crippen molar-refractivity contribution in [1.29, 1.82) is 0 Å². The largest absolute Gasteiger partial charge is 0.298 e. The van der Waals surface area contributed by atoms with Crippen molar-refractivity contribution in [1.82, 2.24) is 9.88 Å². The Morgan fingerprint density at radius 2 is 2.00 bits per heavy atom. The summed E-state index contributed by atoms with van der Waals surface area (Å²) in [6.07, 6.45) is 8.75. The summed E-state index contributed by atoms with van der Waals surface area (Å²) in [5.74, 6) is 0.973. The molecule has 1 aliphatic rings. The van der Waals surface area contributed by atoms with Crippen molar-refractivity contribution < 1.29 is 0 Å². The van der Waals surface area contributed by atoms with Crippen LogP contribution in [0, 0.1) is 5.92 Å². The maximum atomic E-state index is 4.46. The van der Waals surface area contributed by atoms with Crippen molar-refractivity contribution in [2.24, 2.45) is 5.92 Å². The minimum atomic E-state index is 0.748. The smallest absolute Gasteiger partial charge is 0.0544 e. The zero-order valence-electron chi connectivity index (χ0n) is 11.4. The van der Waals surface area contributed by atoms with Crippen molar-refractivity contribution in [2.75, 3.05) is 7.05 Å². The molecule has 0 amide bonds. The van der Waals surface area contributed by atoms with E-state index in [1.807, 2.05) is 6.20 Å². The van der Waals surface area contributed by atoms with Gasteiger partial charge in [-0.2, -0.15) is 0 Å². The summed E-state index contributed by atoms with van der Waals surface area (Å²) < 4.78 is 1.05. The maximum absolute atomic E-state index is 4.46. The van der Waals surface area contributed by atoms with Gasteiger partial charge in [0.25, 0.3) is 0 Å². The zero-order chi connectivity index (χ0) is 13.0. The Hall–Kier alpha value is -0.410. The first kappa shape index (κ1) is 14.0. The van der Waals surface area contributed by atoms with Crippen LogP contribution >= 0.6 is 15.9 Å². The quantitative estimate of drug-likeness (QED) is 0.826. The highest BCUT2D eigenvalue weighted by Crippen LogP contribution is 2.29. The Labute approximate surface area is 119 Å². The van der Waals surface area contributed by atoms with Crippen molar-refractivity contribution >= 4 is 15.9 Å². The van der Waals surface area contributed by atoms with Crippen molar-refractivity contribution in [3.8, 4) is 0 Å². The summed E-state index contributed by atoms with van der Waals surface area (Å²) in [4.78, 5) is 6.93. The van der Waals surface area contributed by atoms with Gasteiger partial charge < -0.3 is 0 Å². The molecule has 1 fully saturated rings. The lowest BCUT2D eigenvalue weighted by atomic mass is 9.84. The number of rotatable bonds is 4. The summed E-state index contributed by atoms with van der Waals surface area (Å²) in [5, 5.41) is 0. The number of nitrogens with zero attached hydrogens (tertiary/aromatic N) is 2. The van der Waals surface area contributed by atoms with Gasteiger partial charge in [0.05, 0.1) is 5.69 Å². The van der Waals surface area contributed by atoms with Crippen molar-refractivity contribution in [3.05, 3.63) is 28.5 Å². The lowest BCUT2D eigenvalue weighted by Gasteiger charge is -2.34. The summed E-state index contributed by atoms with van der Waals surface area (Å²) in [6.45, 7) is 3.29. The number of hydrogen-bond acceptors (Lipinski definition) is 2. The highest BCUT2D eigenvalue weighted by atomic mass is 79.9. The third kappa shape index (κ3) is 3.79. The Morgan fingerprint density at radius 1 is 1.28 bits per heavy atom. The maximum Gasteiger partial charge on any atom is 0.0544 e. The van der Waals surface area contributed by atoms with E-state index in [1.54, 1.807) is 0 Å². The second kappa shape index (κ2) is 6.67. The average molecular weight is 311 g/mol. The molecule has 1 aromatic heterocycles. The number of aromatic nitrogens is 1. The van der Waals surface area contributed by atoms with Crippen LogP contribution in [0.2, 0.25) is 0 Å². The SMILES string of the molecule is CCC1CCC(N(C)Cc2ccc(Br)cn2)CC1. The van der Waals surface area contributed by atoms with Crippen molar-refractivity contribution in [3.63, 3.8) is 0 Å². The molecule has 0 unspecified atom stereocenters. The fourth-order valence-electron chi connectivity index (χ4n) is 2.88. The molecule has 0 aromatic carbocycles.